The average Bonchev–Trinajstić information content (AvgIpc) is 2.54. The van der Waals surface area contributed by atoms with Crippen molar-refractivity contribution >= 4 is 17.8 Å². The van der Waals surface area contributed by atoms with Crippen molar-refractivity contribution < 1.29 is 9.53 Å². The molecule has 0 fully saturated rings. The van der Waals surface area contributed by atoms with E-state index in [1.54, 1.807) is 13.3 Å². The largest absolute Gasteiger partial charge is 0.496 e. The summed E-state index contributed by atoms with van der Waals surface area (Å²) in [7, 11) is 1.59. The number of hydrazone groups is 1. The highest BCUT2D eigenvalue weighted by Gasteiger charge is 2.00. The second-order valence-corrected chi connectivity index (χ2v) is 4.25. The first-order valence-corrected chi connectivity index (χ1v) is 6.53. The summed E-state index contributed by atoms with van der Waals surface area (Å²) < 4.78 is 5.19. The zero-order chi connectivity index (χ0) is 14.9. The second-order valence-electron chi connectivity index (χ2n) is 4.25. The minimum absolute atomic E-state index is 0.160. The van der Waals surface area contributed by atoms with Crippen LogP contribution in [-0.4, -0.2) is 25.8 Å². The summed E-state index contributed by atoms with van der Waals surface area (Å²) in [4.78, 5) is 11.6. The third-order valence-electron chi connectivity index (χ3n) is 2.76. The molecule has 2 aromatic carbocycles. The predicted molar refractivity (Wildman–Crippen MR) is 83.7 cm³/mol. The molecule has 2 N–H and O–H groups in total. The maximum Gasteiger partial charge on any atom is 0.259 e. The van der Waals surface area contributed by atoms with Crippen LogP contribution in [-0.2, 0) is 4.79 Å². The maximum absolute atomic E-state index is 11.6. The van der Waals surface area contributed by atoms with Crippen LogP contribution in [0.4, 0.5) is 5.69 Å². The molecule has 2 aromatic rings. The Kier molecular flexibility index (Phi) is 5.34. The molecule has 0 saturated carbocycles. The molecule has 1 amide bonds. The second kappa shape index (κ2) is 7.69. The highest BCUT2D eigenvalue weighted by molar-refractivity contribution is 5.86. The molecule has 5 nitrogen and oxygen atoms in total. The SMILES string of the molecule is COc1ccccc1/C=N\NC(=O)CNc1ccccc1. The average molecular weight is 283 g/mol. The normalized spacial score (nSPS) is 10.3. The Bertz CT molecular complexity index is 612. The van der Waals surface area contributed by atoms with Gasteiger partial charge in [0.2, 0.25) is 0 Å². The first-order valence-electron chi connectivity index (χ1n) is 6.53. The minimum atomic E-state index is -0.218. The fourth-order valence-electron chi connectivity index (χ4n) is 1.72. The smallest absolute Gasteiger partial charge is 0.259 e. The van der Waals surface area contributed by atoms with E-state index in [1.807, 2.05) is 54.6 Å². The van der Waals surface area contributed by atoms with Crippen LogP contribution in [0.25, 0.3) is 0 Å². The number of methoxy groups -OCH3 is 1. The lowest BCUT2D eigenvalue weighted by molar-refractivity contribution is -0.119. The van der Waals surface area contributed by atoms with E-state index < -0.39 is 0 Å². The van der Waals surface area contributed by atoms with Crippen molar-refractivity contribution in [3.8, 4) is 5.75 Å². The highest BCUT2D eigenvalue weighted by atomic mass is 16.5. The summed E-state index contributed by atoms with van der Waals surface area (Å²) in [5.41, 5.74) is 4.16. The fraction of sp³-hybridized carbons (Fsp3) is 0.125. The Labute approximate surface area is 123 Å². The lowest BCUT2D eigenvalue weighted by Gasteiger charge is -2.05. The summed E-state index contributed by atoms with van der Waals surface area (Å²) >= 11 is 0. The molecule has 0 radical (unpaired) electrons. The number of para-hydroxylation sites is 2. The van der Waals surface area contributed by atoms with Gasteiger partial charge in [0.05, 0.1) is 19.9 Å². The Hall–Kier alpha value is -2.82. The third-order valence-corrected chi connectivity index (χ3v) is 2.76. The van der Waals surface area contributed by atoms with Gasteiger partial charge in [0.25, 0.3) is 5.91 Å². The molecule has 0 aliphatic carbocycles. The number of nitrogens with zero attached hydrogens (tertiary/aromatic N) is 1. The van der Waals surface area contributed by atoms with E-state index in [1.165, 1.54) is 0 Å². The van der Waals surface area contributed by atoms with E-state index in [-0.39, 0.29) is 12.5 Å². The van der Waals surface area contributed by atoms with Crippen LogP contribution in [0.3, 0.4) is 0 Å². The molecule has 0 saturated heterocycles. The van der Waals surface area contributed by atoms with Gasteiger partial charge >= 0.3 is 0 Å². The Morgan fingerprint density at radius 2 is 1.86 bits per heavy atom. The molecule has 5 heteroatoms. The Balaban J connectivity index is 1.82. The summed E-state index contributed by atoms with van der Waals surface area (Å²) in [5, 5.41) is 6.92. The molecule has 0 bridgehead atoms. The van der Waals surface area contributed by atoms with Gasteiger partial charge in [-0.25, -0.2) is 5.43 Å². The topological polar surface area (TPSA) is 62.7 Å². The molecule has 0 atom stereocenters. The summed E-state index contributed by atoms with van der Waals surface area (Å²) in [6.07, 6.45) is 1.55. The van der Waals surface area contributed by atoms with Gasteiger partial charge < -0.3 is 10.1 Å². The van der Waals surface area contributed by atoms with E-state index in [9.17, 15) is 4.79 Å². The standard InChI is InChI=1S/C16H17N3O2/c1-21-15-10-6-5-7-13(15)11-18-19-16(20)12-17-14-8-3-2-4-9-14/h2-11,17H,12H2,1H3,(H,19,20)/b18-11-. The van der Waals surface area contributed by atoms with E-state index >= 15 is 0 Å². The van der Waals surface area contributed by atoms with Gasteiger partial charge in [0.15, 0.2) is 0 Å². The van der Waals surface area contributed by atoms with Crippen LogP contribution >= 0.6 is 0 Å². The van der Waals surface area contributed by atoms with Crippen molar-refractivity contribution in [2.75, 3.05) is 19.0 Å². The molecule has 108 valence electrons. The van der Waals surface area contributed by atoms with Gasteiger partial charge in [0.1, 0.15) is 5.75 Å². The first kappa shape index (κ1) is 14.6. The summed E-state index contributed by atoms with van der Waals surface area (Å²) in [5.74, 6) is 0.489. The van der Waals surface area contributed by atoms with E-state index in [0.29, 0.717) is 5.75 Å². The van der Waals surface area contributed by atoms with E-state index in [4.69, 9.17) is 4.74 Å². The molecule has 2 rings (SSSR count). The van der Waals surface area contributed by atoms with Gasteiger partial charge in [-0.2, -0.15) is 5.10 Å². The molecular formula is C16H17N3O2. The van der Waals surface area contributed by atoms with Gasteiger partial charge in [-0.1, -0.05) is 30.3 Å². The van der Waals surface area contributed by atoms with Crippen molar-refractivity contribution in [2.45, 2.75) is 0 Å². The molecule has 0 unspecified atom stereocenters. The van der Waals surface area contributed by atoms with Crippen LogP contribution in [0.5, 0.6) is 5.75 Å². The van der Waals surface area contributed by atoms with Crippen molar-refractivity contribution in [3.63, 3.8) is 0 Å². The van der Waals surface area contributed by atoms with Crippen molar-refractivity contribution in [2.24, 2.45) is 5.10 Å². The molecule has 0 heterocycles. The number of hydrogen-bond donors (Lipinski definition) is 2. The van der Waals surface area contributed by atoms with Crippen molar-refractivity contribution in [1.82, 2.24) is 5.43 Å². The monoisotopic (exact) mass is 283 g/mol. The lowest BCUT2D eigenvalue weighted by atomic mass is 10.2. The molecule has 0 aliphatic rings. The number of benzene rings is 2. The lowest BCUT2D eigenvalue weighted by Crippen LogP contribution is -2.25. The van der Waals surface area contributed by atoms with Crippen LogP contribution in [0.15, 0.2) is 59.7 Å². The predicted octanol–water partition coefficient (Wildman–Crippen LogP) is 2.26. The zero-order valence-corrected chi connectivity index (χ0v) is 11.7. The van der Waals surface area contributed by atoms with Crippen molar-refractivity contribution in [1.29, 1.82) is 0 Å². The zero-order valence-electron chi connectivity index (χ0n) is 11.7. The molecular weight excluding hydrogens is 266 g/mol. The third kappa shape index (κ3) is 4.65. The Morgan fingerprint density at radius 3 is 2.62 bits per heavy atom. The number of ether oxygens (including phenoxy) is 1. The van der Waals surface area contributed by atoms with Crippen LogP contribution in [0.2, 0.25) is 0 Å². The summed E-state index contributed by atoms with van der Waals surface area (Å²) in [6, 6.07) is 17.0. The Morgan fingerprint density at radius 1 is 1.14 bits per heavy atom. The number of hydrogen-bond acceptors (Lipinski definition) is 4. The van der Waals surface area contributed by atoms with Crippen LogP contribution in [0, 0.1) is 0 Å². The van der Waals surface area contributed by atoms with Crippen molar-refractivity contribution in [3.05, 3.63) is 60.2 Å². The van der Waals surface area contributed by atoms with Gasteiger partial charge in [0, 0.05) is 11.3 Å². The van der Waals surface area contributed by atoms with Crippen LogP contribution < -0.4 is 15.5 Å². The van der Waals surface area contributed by atoms with Gasteiger partial charge in [-0.15, -0.1) is 0 Å². The fourth-order valence-corrected chi connectivity index (χ4v) is 1.72. The van der Waals surface area contributed by atoms with Gasteiger partial charge in [-0.05, 0) is 24.3 Å². The maximum atomic E-state index is 11.6. The number of carbonyl (C=O) groups excluding carboxylic acids is 1. The molecule has 21 heavy (non-hydrogen) atoms. The van der Waals surface area contributed by atoms with Gasteiger partial charge in [-0.3, -0.25) is 4.79 Å². The summed E-state index contributed by atoms with van der Waals surface area (Å²) in [6.45, 7) is 0.160. The highest BCUT2D eigenvalue weighted by Crippen LogP contribution is 2.14. The number of amides is 1. The molecule has 0 aliphatic heterocycles. The minimum Gasteiger partial charge on any atom is -0.496 e. The molecule has 0 aromatic heterocycles. The number of rotatable bonds is 6. The van der Waals surface area contributed by atoms with E-state index in [0.717, 1.165) is 11.3 Å². The quantitative estimate of drug-likeness (QED) is 0.631. The molecule has 0 spiro atoms. The number of nitrogens with one attached hydrogen (secondary N) is 2. The van der Waals surface area contributed by atoms with Crippen LogP contribution in [0.1, 0.15) is 5.56 Å². The number of carbonyl (C=O) groups is 1. The number of anilines is 1. The first-order chi connectivity index (χ1) is 10.3. The van der Waals surface area contributed by atoms with E-state index in [2.05, 4.69) is 15.8 Å².